The molecule has 1 heterocycles. The summed E-state index contributed by atoms with van der Waals surface area (Å²) in [6.45, 7) is 3.12. The second-order valence-electron chi connectivity index (χ2n) is 9.68. The van der Waals surface area contributed by atoms with Crippen molar-refractivity contribution in [2.75, 3.05) is 19.6 Å². The summed E-state index contributed by atoms with van der Waals surface area (Å²) in [5.41, 5.74) is 1.03. The summed E-state index contributed by atoms with van der Waals surface area (Å²) in [7, 11) is 0. The molecule has 0 saturated carbocycles. The number of unbranched alkanes of at least 4 members (excludes halogenated alkanes) is 2. The number of hydrogen-bond acceptors (Lipinski definition) is 2. The van der Waals surface area contributed by atoms with Crippen LogP contribution in [-0.4, -0.2) is 24.5 Å². The van der Waals surface area contributed by atoms with Crippen LogP contribution >= 0.6 is 0 Å². The van der Waals surface area contributed by atoms with Crippen LogP contribution in [0.5, 0.6) is 5.75 Å². The number of halogens is 5. The van der Waals surface area contributed by atoms with E-state index in [0.717, 1.165) is 57.8 Å². The Kier molecular flexibility index (Phi) is 9.19. The topological polar surface area (TPSA) is 12.5 Å². The van der Waals surface area contributed by atoms with Crippen molar-refractivity contribution in [3.05, 3.63) is 101 Å². The first-order valence-electron chi connectivity index (χ1n) is 12.9. The SMILES string of the molecule is Fc1ccc(C(CCCCCN2CCC(c3ccccc3)CC2)Oc2cc(C(F)(F)F)ccc2F)cc1. The summed E-state index contributed by atoms with van der Waals surface area (Å²) in [5.74, 6) is -1.13. The minimum atomic E-state index is -4.60. The molecule has 37 heavy (non-hydrogen) atoms. The molecule has 7 heteroatoms. The normalized spacial score (nSPS) is 16.0. The zero-order valence-electron chi connectivity index (χ0n) is 20.7. The number of ether oxygens (including phenoxy) is 1. The van der Waals surface area contributed by atoms with E-state index in [0.29, 0.717) is 30.0 Å². The number of nitrogens with zero attached hydrogens (tertiary/aromatic N) is 1. The van der Waals surface area contributed by atoms with Gasteiger partial charge in [-0.15, -0.1) is 0 Å². The Balaban J connectivity index is 1.29. The van der Waals surface area contributed by atoms with E-state index >= 15 is 0 Å². The van der Waals surface area contributed by atoms with Gasteiger partial charge in [-0.05, 0) is 99.1 Å². The van der Waals surface area contributed by atoms with Gasteiger partial charge >= 0.3 is 6.18 Å². The van der Waals surface area contributed by atoms with Crippen LogP contribution in [0.15, 0.2) is 72.8 Å². The maximum atomic E-state index is 14.3. The van der Waals surface area contributed by atoms with Crippen LogP contribution in [0.1, 0.15) is 67.2 Å². The molecule has 2 nitrogen and oxygen atoms in total. The largest absolute Gasteiger partial charge is 0.483 e. The maximum Gasteiger partial charge on any atom is 0.416 e. The van der Waals surface area contributed by atoms with Gasteiger partial charge in [0.25, 0.3) is 0 Å². The molecule has 3 aromatic rings. The summed E-state index contributed by atoms with van der Waals surface area (Å²) < 4.78 is 72.9. The van der Waals surface area contributed by atoms with Crippen molar-refractivity contribution in [1.82, 2.24) is 4.90 Å². The fourth-order valence-corrected chi connectivity index (χ4v) is 4.95. The quantitative estimate of drug-likeness (QED) is 0.197. The molecule has 1 fully saturated rings. The molecule has 3 aromatic carbocycles. The predicted octanol–water partition coefficient (Wildman–Crippen LogP) is 8.54. The Morgan fingerprint density at radius 2 is 1.54 bits per heavy atom. The highest BCUT2D eigenvalue weighted by Crippen LogP contribution is 2.35. The lowest BCUT2D eigenvalue weighted by Gasteiger charge is -2.32. The van der Waals surface area contributed by atoms with Gasteiger partial charge in [-0.2, -0.15) is 13.2 Å². The average molecular weight is 518 g/mol. The molecule has 0 aromatic heterocycles. The van der Waals surface area contributed by atoms with Crippen molar-refractivity contribution in [3.63, 3.8) is 0 Å². The van der Waals surface area contributed by atoms with E-state index in [1.807, 2.05) is 6.07 Å². The smallest absolute Gasteiger partial charge is 0.416 e. The Hall–Kier alpha value is -2.93. The van der Waals surface area contributed by atoms with E-state index in [1.54, 1.807) is 0 Å². The Morgan fingerprint density at radius 3 is 2.22 bits per heavy atom. The van der Waals surface area contributed by atoms with Crippen LogP contribution in [0, 0.1) is 11.6 Å². The Morgan fingerprint density at radius 1 is 0.838 bits per heavy atom. The maximum absolute atomic E-state index is 14.3. The van der Waals surface area contributed by atoms with Crippen molar-refractivity contribution in [3.8, 4) is 5.75 Å². The van der Waals surface area contributed by atoms with Crippen molar-refractivity contribution in [1.29, 1.82) is 0 Å². The molecule has 0 amide bonds. The van der Waals surface area contributed by atoms with Gasteiger partial charge in [0.2, 0.25) is 0 Å². The Bertz CT molecular complexity index is 1110. The number of piperidine rings is 1. The van der Waals surface area contributed by atoms with Crippen LogP contribution in [0.3, 0.4) is 0 Å². The van der Waals surface area contributed by atoms with Gasteiger partial charge in [0.15, 0.2) is 11.6 Å². The van der Waals surface area contributed by atoms with Crippen LogP contribution in [0.2, 0.25) is 0 Å². The van der Waals surface area contributed by atoms with Crippen molar-refractivity contribution >= 4 is 0 Å². The minimum Gasteiger partial charge on any atom is -0.483 e. The van der Waals surface area contributed by atoms with E-state index in [4.69, 9.17) is 4.74 Å². The molecule has 0 spiro atoms. The van der Waals surface area contributed by atoms with E-state index in [9.17, 15) is 22.0 Å². The van der Waals surface area contributed by atoms with Gasteiger partial charge in [-0.25, -0.2) is 8.78 Å². The average Bonchev–Trinajstić information content (AvgIpc) is 2.89. The Labute approximate surface area is 215 Å². The molecule has 4 rings (SSSR count). The second kappa shape index (κ2) is 12.5. The zero-order chi connectivity index (χ0) is 26.3. The van der Waals surface area contributed by atoms with Gasteiger partial charge in [0.05, 0.1) is 5.56 Å². The van der Waals surface area contributed by atoms with Crippen molar-refractivity contribution < 1.29 is 26.7 Å². The summed E-state index contributed by atoms with van der Waals surface area (Å²) in [6.07, 6.45) is 0.141. The lowest BCUT2D eigenvalue weighted by atomic mass is 9.89. The number of likely N-dealkylation sites (tertiary alicyclic amines) is 1. The summed E-state index contributed by atoms with van der Waals surface area (Å²) in [4.78, 5) is 2.48. The van der Waals surface area contributed by atoms with Crippen LogP contribution < -0.4 is 4.74 Å². The molecule has 1 saturated heterocycles. The molecular weight excluding hydrogens is 485 g/mol. The highest BCUT2D eigenvalue weighted by Gasteiger charge is 2.32. The first-order valence-corrected chi connectivity index (χ1v) is 12.9. The monoisotopic (exact) mass is 517 g/mol. The fourth-order valence-electron chi connectivity index (χ4n) is 4.95. The molecule has 1 atom stereocenters. The van der Waals surface area contributed by atoms with Gasteiger partial charge in [-0.1, -0.05) is 48.9 Å². The first-order chi connectivity index (χ1) is 17.8. The van der Waals surface area contributed by atoms with Crippen LogP contribution in [-0.2, 0) is 6.18 Å². The number of hydrogen-bond donors (Lipinski definition) is 0. The molecule has 1 unspecified atom stereocenters. The standard InChI is InChI=1S/C30H32F5NO/c31-26-13-10-24(11-14-26)28(37-29-21-25(30(33,34)35)12-15-27(29)32)9-5-2-6-18-36-19-16-23(17-20-36)22-7-3-1-4-8-22/h1,3-4,7-8,10-15,21,23,28H,2,5-6,9,16-20H2. The molecule has 198 valence electrons. The van der Waals surface area contributed by atoms with Crippen LogP contribution in [0.4, 0.5) is 22.0 Å². The predicted molar refractivity (Wildman–Crippen MR) is 134 cm³/mol. The van der Waals surface area contributed by atoms with Gasteiger partial charge in [0.1, 0.15) is 11.9 Å². The van der Waals surface area contributed by atoms with E-state index in [1.165, 1.54) is 29.8 Å². The summed E-state index contributed by atoms with van der Waals surface area (Å²) >= 11 is 0. The third-order valence-corrected chi connectivity index (χ3v) is 7.07. The van der Waals surface area contributed by atoms with Gasteiger partial charge < -0.3 is 9.64 Å². The van der Waals surface area contributed by atoms with Crippen LogP contribution in [0.25, 0.3) is 0 Å². The lowest BCUT2D eigenvalue weighted by Crippen LogP contribution is -2.33. The lowest BCUT2D eigenvalue weighted by molar-refractivity contribution is -0.137. The summed E-state index contributed by atoms with van der Waals surface area (Å²) in [6, 6.07) is 18.4. The zero-order valence-corrected chi connectivity index (χ0v) is 20.7. The molecule has 0 bridgehead atoms. The fraction of sp³-hybridized carbons (Fsp3) is 0.400. The van der Waals surface area contributed by atoms with Gasteiger partial charge in [0, 0.05) is 0 Å². The van der Waals surface area contributed by atoms with E-state index in [2.05, 4.69) is 29.2 Å². The minimum absolute atomic E-state index is 0.427. The molecule has 0 radical (unpaired) electrons. The third kappa shape index (κ3) is 7.78. The third-order valence-electron chi connectivity index (χ3n) is 7.07. The van der Waals surface area contributed by atoms with Crippen molar-refractivity contribution in [2.24, 2.45) is 0 Å². The van der Waals surface area contributed by atoms with E-state index < -0.39 is 35.2 Å². The first kappa shape index (κ1) is 27.1. The van der Waals surface area contributed by atoms with E-state index in [-0.39, 0.29) is 0 Å². The highest BCUT2D eigenvalue weighted by atomic mass is 19.4. The summed E-state index contributed by atoms with van der Waals surface area (Å²) in [5, 5.41) is 0. The van der Waals surface area contributed by atoms with Gasteiger partial charge in [-0.3, -0.25) is 0 Å². The second-order valence-corrected chi connectivity index (χ2v) is 9.68. The number of rotatable bonds is 10. The molecule has 1 aliphatic heterocycles. The van der Waals surface area contributed by atoms with Crippen molar-refractivity contribution in [2.45, 2.75) is 56.7 Å². The number of alkyl halides is 3. The highest BCUT2D eigenvalue weighted by molar-refractivity contribution is 5.33. The molecule has 1 aliphatic rings. The molecule has 0 aliphatic carbocycles. The number of benzene rings is 3. The molecule has 0 N–H and O–H groups in total. The molecular formula is C30H32F5NO.